The lowest BCUT2D eigenvalue weighted by atomic mass is 10.3. The Hall–Kier alpha value is -2.24. The Bertz CT molecular complexity index is 561. The van der Waals surface area contributed by atoms with Crippen LogP contribution < -0.4 is 14.9 Å². The van der Waals surface area contributed by atoms with Gasteiger partial charge in [0.15, 0.2) is 5.75 Å². The number of carboxylic acids is 1. The molecule has 17 heavy (non-hydrogen) atoms. The second kappa shape index (κ2) is 3.38. The van der Waals surface area contributed by atoms with E-state index >= 15 is 0 Å². The molecule has 1 heterocycles. The Labute approximate surface area is 96.0 Å². The number of aromatic hydroxyl groups is 1. The molecule has 1 aromatic rings. The van der Waals surface area contributed by atoms with E-state index in [1.165, 1.54) is 0 Å². The van der Waals surface area contributed by atoms with Gasteiger partial charge in [-0.3, -0.25) is 4.79 Å². The van der Waals surface area contributed by atoms with Crippen LogP contribution in [0.15, 0.2) is 16.9 Å². The Balaban J connectivity index is 2.74. The van der Waals surface area contributed by atoms with E-state index in [2.05, 4.69) is 0 Å². The van der Waals surface area contributed by atoms with E-state index in [0.29, 0.717) is 0 Å². The van der Waals surface area contributed by atoms with Gasteiger partial charge in [0.25, 0.3) is 0 Å². The first-order valence-corrected chi connectivity index (χ1v) is 4.83. The molecule has 0 unspecified atom stereocenters. The molecule has 0 amide bonds. The molecule has 0 saturated carbocycles. The predicted molar refractivity (Wildman–Crippen MR) is 56.7 cm³/mol. The number of rotatable bonds is 1. The summed E-state index contributed by atoms with van der Waals surface area (Å²) in [6.07, 6.45) is 0. The van der Waals surface area contributed by atoms with Crippen LogP contribution in [0, 0.1) is 0 Å². The molecular formula is C11H10O6. The third-order valence-electron chi connectivity index (χ3n) is 2.20. The summed E-state index contributed by atoms with van der Waals surface area (Å²) in [4.78, 5) is 22.3. The van der Waals surface area contributed by atoms with Crippen LogP contribution in [-0.4, -0.2) is 22.0 Å². The topological polar surface area (TPSA) is 93.1 Å². The lowest BCUT2D eigenvalue weighted by Gasteiger charge is -2.16. The van der Waals surface area contributed by atoms with Gasteiger partial charge in [-0.1, -0.05) is 0 Å². The van der Waals surface area contributed by atoms with Gasteiger partial charge >= 0.3 is 5.97 Å². The highest BCUT2D eigenvalue weighted by Crippen LogP contribution is 2.43. The number of aromatic carboxylic acids is 1. The summed E-state index contributed by atoms with van der Waals surface area (Å²) in [5.41, 5.74) is -1.10. The molecule has 90 valence electrons. The number of hydrogen-bond acceptors (Lipinski definition) is 5. The second-order valence-electron chi connectivity index (χ2n) is 4.06. The van der Waals surface area contributed by atoms with Crippen LogP contribution in [0.25, 0.3) is 0 Å². The molecular weight excluding hydrogens is 228 g/mol. The monoisotopic (exact) mass is 238 g/mol. The highest BCUT2D eigenvalue weighted by Gasteiger charge is 2.34. The van der Waals surface area contributed by atoms with Gasteiger partial charge < -0.3 is 19.7 Å². The van der Waals surface area contributed by atoms with E-state index in [1.54, 1.807) is 13.8 Å². The van der Waals surface area contributed by atoms with Crippen molar-refractivity contribution in [2.24, 2.45) is 0 Å². The fourth-order valence-corrected chi connectivity index (χ4v) is 1.52. The van der Waals surface area contributed by atoms with Crippen molar-refractivity contribution in [3.05, 3.63) is 27.9 Å². The van der Waals surface area contributed by atoms with Crippen molar-refractivity contribution in [3.8, 4) is 17.2 Å². The van der Waals surface area contributed by atoms with Crippen LogP contribution in [0.4, 0.5) is 0 Å². The fraction of sp³-hybridized carbons (Fsp3) is 0.273. The number of carbonyl (C=O) groups is 1. The Morgan fingerprint density at radius 1 is 1.29 bits per heavy atom. The van der Waals surface area contributed by atoms with Crippen LogP contribution in [0.1, 0.15) is 24.2 Å². The average Bonchev–Trinajstić information content (AvgIpc) is 2.45. The van der Waals surface area contributed by atoms with Gasteiger partial charge in [-0.15, -0.1) is 0 Å². The van der Waals surface area contributed by atoms with Gasteiger partial charge in [0.1, 0.15) is 0 Å². The normalized spacial score (nSPS) is 15.6. The first kappa shape index (κ1) is 11.3. The molecule has 2 N–H and O–H groups in total. The molecule has 0 saturated heterocycles. The first-order valence-electron chi connectivity index (χ1n) is 4.83. The molecule has 1 aliphatic heterocycles. The van der Waals surface area contributed by atoms with Crippen molar-refractivity contribution < 1.29 is 24.5 Å². The van der Waals surface area contributed by atoms with Gasteiger partial charge in [-0.25, -0.2) is 4.79 Å². The SMILES string of the molecule is CC1(C)Oc2cc(C(=O)O)cc(=O)c(O)c2O1. The van der Waals surface area contributed by atoms with Gasteiger partial charge in [0.05, 0.1) is 5.56 Å². The van der Waals surface area contributed by atoms with E-state index in [0.717, 1.165) is 12.1 Å². The summed E-state index contributed by atoms with van der Waals surface area (Å²) in [5, 5.41) is 18.5. The molecule has 0 fully saturated rings. The lowest BCUT2D eigenvalue weighted by molar-refractivity contribution is -0.0442. The molecule has 0 aromatic heterocycles. The van der Waals surface area contributed by atoms with E-state index in [-0.39, 0.29) is 17.1 Å². The van der Waals surface area contributed by atoms with Crippen molar-refractivity contribution in [1.82, 2.24) is 0 Å². The number of carboxylic acid groups (broad SMARTS) is 1. The van der Waals surface area contributed by atoms with E-state index in [1.807, 2.05) is 0 Å². The van der Waals surface area contributed by atoms with Crippen molar-refractivity contribution in [2.45, 2.75) is 19.6 Å². The van der Waals surface area contributed by atoms with Gasteiger partial charge in [0.2, 0.25) is 22.7 Å². The summed E-state index contributed by atoms with van der Waals surface area (Å²) in [6, 6.07) is 1.96. The van der Waals surface area contributed by atoms with Crippen molar-refractivity contribution in [1.29, 1.82) is 0 Å². The summed E-state index contributed by atoms with van der Waals surface area (Å²) >= 11 is 0. The molecule has 0 atom stereocenters. The standard InChI is InChI=1S/C11H10O6/c1-11(2)16-7-4-5(10(14)15)3-6(12)8(13)9(7)17-11/h3-4H,1-2H3,(H,12,13)(H,14,15). The molecule has 0 aliphatic carbocycles. The van der Waals surface area contributed by atoms with Crippen LogP contribution >= 0.6 is 0 Å². The minimum atomic E-state index is -1.28. The van der Waals surface area contributed by atoms with Crippen LogP contribution in [0.2, 0.25) is 0 Å². The highest BCUT2D eigenvalue weighted by molar-refractivity contribution is 5.88. The maximum Gasteiger partial charge on any atom is 0.335 e. The minimum Gasteiger partial charge on any atom is -0.501 e. The molecule has 0 radical (unpaired) electrons. The molecule has 1 aromatic carbocycles. The van der Waals surface area contributed by atoms with Gasteiger partial charge in [0, 0.05) is 19.9 Å². The van der Waals surface area contributed by atoms with E-state index < -0.39 is 22.9 Å². The van der Waals surface area contributed by atoms with Crippen LogP contribution in [-0.2, 0) is 0 Å². The fourth-order valence-electron chi connectivity index (χ4n) is 1.52. The van der Waals surface area contributed by atoms with E-state index in [9.17, 15) is 14.7 Å². The molecule has 1 aliphatic rings. The van der Waals surface area contributed by atoms with Crippen molar-refractivity contribution in [2.75, 3.05) is 0 Å². The summed E-state index contributed by atoms with van der Waals surface area (Å²) in [5.74, 6) is -3.08. The van der Waals surface area contributed by atoms with Gasteiger partial charge in [-0.05, 0) is 6.07 Å². The zero-order chi connectivity index (χ0) is 12.8. The predicted octanol–water partition coefficient (Wildman–Crippen LogP) is 0.958. The zero-order valence-electron chi connectivity index (χ0n) is 9.18. The third-order valence-corrected chi connectivity index (χ3v) is 2.20. The third kappa shape index (κ3) is 1.89. The molecule has 0 bridgehead atoms. The zero-order valence-corrected chi connectivity index (χ0v) is 9.18. The first-order chi connectivity index (χ1) is 7.80. The molecule has 6 nitrogen and oxygen atoms in total. The van der Waals surface area contributed by atoms with Crippen LogP contribution in [0.3, 0.4) is 0 Å². The summed E-state index contributed by atoms with van der Waals surface area (Å²) in [7, 11) is 0. The number of hydrogen-bond donors (Lipinski definition) is 2. The lowest BCUT2D eigenvalue weighted by Crippen LogP contribution is -2.30. The molecule has 2 rings (SSSR count). The van der Waals surface area contributed by atoms with Gasteiger partial charge in [-0.2, -0.15) is 0 Å². The maximum absolute atomic E-state index is 11.5. The highest BCUT2D eigenvalue weighted by atomic mass is 16.7. The smallest absolute Gasteiger partial charge is 0.335 e. The van der Waals surface area contributed by atoms with E-state index in [4.69, 9.17) is 14.6 Å². The second-order valence-corrected chi connectivity index (χ2v) is 4.06. The van der Waals surface area contributed by atoms with Crippen molar-refractivity contribution in [3.63, 3.8) is 0 Å². The quantitative estimate of drug-likeness (QED) is 0.756. The van der Waals surface area contributed by atoms with Crippen LogP contribution in [0.5, 0.6) is 17.2 Å². The Morgan fingerprint density at radius 2 is 1.94 bits per heavy atom. The Kier molecular flexibility index (Phi) is 2.23. The van der Waals surface area contributed by atoms with Crippen molar-refractivity contribution >= 4 is 5.97 Å². The average molecular weight is 238 g/mol. The Morgan fingerprint density at radius 3 is 2.53 bits per heavy atom. The molecule has 6 heteroatoms. The summed E-state index contributed by atoms with van der Waals surface area (Å²) in [6.45, 7) is 3.16. The number of ether oxygens (including phenoxy) is 2. The minimum absolute atomic E-state index is 0.0343. The largest absolute Gasteiger partial charge is 0.501 e. The number of fused-ring (bicyclic) bond motifs is 1. The maximum atomic E-state index is 11.5. The summed E-state index contributed by atoms with van der Waals surface area (Å²) < 4.78 is 10.5. The molecule has 0 spiro atoms.